The molecule has 0 radical (unpaired) electrons. The summed E-state index contributed by atoms with van der Waals surface area (Å²) in [6.45, 7) is 15.9. The average Bonchev–Trinajstić information content (AvgIpc) is 3.15. The molecular weight excluding hydrogens is 689 g/mol. The van der Waals surface area contributed by atoms with Crippen molar-refractivity contribution in [2.75, 3.05) is 52.0 Å². The fraction of sp³-hybridized carbons (Fsp3) is 0.524. The van der Waals surface area contributed by atoms with Gasteiger partial charge in [-0.25, -0.2) is 4.79 Å². The van der Waals surface area contributed by atoms with Crippen LogP contribution in [0.5, 0.6) is 11.5 Å². The molecule has 0 bridgehead atoms. The highest BCUT2D eigenvalue weighted by atomic mass is 28.4. The molecule has 0 N–H and O–H groups in total. The molecule has 5 rings (SSSR count). The summed E-state index contributed by atoms with van der Waals surface area (Å²) in [7, 11) is 0.897. The number of benzene rings is 3. The van der Waals surface area contributed by atoms with Gasteiger partial charge in [0.2, 0.25) is 8.32 Å². The molecule has 0 aliphatic carbocycles. The predicted octanol–water partition coefficient (Wildman–Crippen LogP) is 8.34. The van der Waals surface area contributed by atoms with Crippen molar-refractivity contribution in [2.24, 2.45) is 0 Å². The summed E-state index contributed by atoms with van der Waals surface area (Å²) < 4.78 is 36.9. The molecule has 3 aromatic rings. The topological polar surface area (TPSA) is 96.0 Å². The minimum Gasteiger partial charge on any atom is -0.497 e. The van der Waals surface area contributed by atoms with Crippen molar-refractivity contribution in [3.05, 3.63) is 89.5 Å². The van der Waals surface area contributed by atoms with Crippen molar-refractivity contribution in [3.63, 3.8) is 0 Å². The summed E-state index contributed by atoms with van der Waals surface area (Å²) in [6, 6.07) is 23.7. The van der Waals surface area contributed by atoms with E-state index in [1.165, 1.54) is 0 Å². The molecule has 2 heterocycles. The SMILES string of the molecule is COCCCN1C(=O)COc2ccc(COC3CN(C(=O)OCc4ccccc4)CC(O[Si](C(C)C)(C(C)C)C(C)C)C3c3ccc(OC)cc3)cc21. The average molecular weight is 747 g/mol. The van der Waals surface area contributed by atoms with Crippen molar-refractivity contribution >= 4 is 26.0 Å². The third kappa shape index (κ3) is 9.43. The third-order valence-electron chi connectivity index (χ3n) is 10.8. The minimum absolute atomic E-state index is 0.00692. The van der Waals surface area contributed by atoms with Crippen molar-refractivity contribution in [1.82, 2.24) is 4.90 Å². The standard InChI is InChI=1S/C42H58N2O8Si/c1-29(2)53(30(3)4,31(5)6)52-39-25-43(42(46)51-26-32-13-10-9-11-14-32)24-38(41(39)34-16-18-35(48-8)19-17-34)49-27-33-15-20-37-36(23-33)44(21-12-22-47-7)40(45)28-50-37/h9-11,13-20,23,29-31,38-39,41H,12,21-22,24-28H2,1-8H3. The van der Waals surface area contributed by atoms with Crippen LogP contribution in [0.25, 0.3) is 0 Å². The lowest BCUT2D eigenvalue weighted by Crippen LogP contribution is -2.59. The number of methoxy groups -OCH3 is 2. The van der Waals surface area contributed by atoms with Crippen molar-refractivity contribution < 1.29 is 37.7 Å². The van der Waals surface area contributed by atoms with Crippen molar-refractivity contribution in [1.29, 1.82) is 0 Å². The van der Waals surface area contributed by atoms with Gasteiger partial charge in [0.1, 0.15) is 18.1 Å². The van der Waals surface area contributed by atoms with E-state index in [2.05, 4.69) is 53.7 Å². The highest BCUT2D eigenvalue weighted by Gasteiger charge is 2.51. The number of likely N-dealkylation sites (tertiary alicyclic amines) is 1. The molecule has 2 aliphatic rings. The molecule has 1 fully saturated rings. The Kier molecular flexibility index (Phi) is 14.0. The largest absolute Gasteiger partial charge is 0.497 e. The Balaban J connectivity index is 1.50. The smallest absolute Gasteiger partial charge is 0.410 e. The third-order valence-corrected chi connectivity index (χ3v) is 16.9. The summed E-state index contributed by atoms with van der Waals surface area (Å²) in [5.74, 6) is 1.16. The Labute approximate surface area is 316 Å². The summed E-state index contributed by atoms with van der Waals surface area (Å²) in [5, 5.41) is 0. The van der Waals surface area contributed by atoms with Gasteiger partial charge in [-0.3, -0.25) is 4.79 Å². The van der Waals surface area contributed by atoms with Crippen LogP contribution >= 0.6 is 0 Å². The van der Waals surface area contributed by atoms with Crippen LogP contribution in [-0.2, 0) is 36.6 Å². The molecule has 288 valence electrons. The molecule has 3 aromatic carbocycles. The number of carbonyl (C=O) groups is 2. The zero-order chi connectivity index (χ0) is 38.1. The fourth-order valence-electron chi connectivity index (χ4n) is 8.28. The van der Waals surface area contributed by atoms with E-state index in [-0.39, 0.29) is 37.7 Å². The van der Waals surface area contributed by atoms with Gasteiger partial charge in [-0.05, 0) is 64.0 Å². The number of nitrogens with zero attached hydrogens (tertiary/aromatic N) is 2. The van der Waals surface area contributed by atoms with Crippen LogP contribution in [0.15, 0.2) is 72.8 Å². The van der Waals surface area contributed by atoms with Crippen LogP contribution in [0.3, 0.4) is 0 Å². The maximum Gasteiger partial charge on any atom is 0.410 e. The predicted molar refractivity (Wildman–Crippen MR) is 209 cm³/mol. The Bertz CT molecular complexity index is 1610. The monoisotopic (exact) mass is 746 g/mol. The first-order valence-corrected chi connectivity index (χ1v) is 21.1. The molecule has 1 saturated heterocycles. The van der Waals surface area contributed by atoms with Gasteiger partial charge in [-0.2, -0.15) is 0 Å². The van der Waals surface area contributed by atoms with Crippen LogP contribution < -0.4 is 14.4 Å². The van der Waals surface area contributed by atoms with Gasteiger partial charge in [0.25, 0.3) is 5.91 Å². The second kappa shape index (κ2) is 18.4. The molecule has 0 aromatic heterocycles. The van der Waals surface area contributed by atoms with Gasteiger partial charge in [0, 0.05) is 32.7 Å². The maximum absolute atomic E-state index is 13.9. The Hall–Kier alpha value is -3.90. The molecule has 0 spiro atoms. The number of fused-ring (bicyclic) bond motifs is 1. The molecule has 2 aliphatic heterocycles. The van der Waals surface area contributed by atoms with E-state index in [1.54, 1.807) is 24.0 Å². The van der Waals surface area contributed by atoms with E-state index in [0.29, 0.717) is 55.0 Å². The molecule has 11 heteroatoms. The number of hydrogen-bond donors (Lipinski definition) is 0. The molecule has 2 amide bonds. The summed E-state index contributed by atoms with van der Waals surface area (Å²) in [6.07, 6.45) is -0.474. The van der Waals surface area contributed by atoms with E-state index < -0.39 is 20.5 Å². The Morgan fingerprint density at radius 3 is 2.17 bits per heavy atom. The first-order valence-electron chi connectivity index (χ1n) is 18.9. The normalized spacial score (nSPS) is 19.1. The first-order chi connectivity index (χ1) is 25.5. The van der Waals surface area contributed by atoms with Gasteiger partial charge in [-0.1, -0.05) is 90.1 Å². The van der Waals surface area contributed by atoms with Gasteiger partial charge >= 0.3 is 6.09 Å². The molecule has 53 heavy (non-hydrogen) atoms. The van der Waals surface area contributed by atoms with Gasteiger partial charge in [-0.15, -0.1) is 0 Å². The highest BCUT2D eigenvalue weighted by Crippen LogP contribution is 2.46. The van der Waals surface area contributed by atoms with Crippen LogP contribution in [0, 0.1) is 0 Å². The van der Waals surface area contributed by atoms with Gasteiger partial charge in [0.05, 0.1) is 38.2 Å². The molecule has 3 unspecified atom stereocenters. The number of carbonyl (C=O) groups excluding carboxylic acids is 2. The zero-order valence-corrected chi connectivity index (χ0v) is 33.7. The lowest BCUT2D eigenvalue weighted by atomic mass is 9.84. The number of anilines is 1. The molecule has 0 saturated carbocycles. The highest BCUT2D eigenvalue weighted by molar-refractivity contribution is 6.77. The molecule has 3 atom stereocenters. The van der Waals surface area contributed by atoms with Crippen molar-refractivity contribution in [3.8, 4) is 11.5 Å². The van der Waals surface area contributed by atoms with E-state index in [1.807, 2.05) is 60.7 Å². The Morgan fingerprint density at radius 2 is 1.53 bits per heavy atom. The lowest BCUT2D eigenvalue weighted by Gasteiger charge is -2.50. The molecular formula is C42H58N2O8Si. The first kappa shape index (κ1) is 40.3. The Morgan fingerprint density at radius 1 is 0.849 bits per heavy atom. The van der Waals surface area contributed by atoms with E-state index in [9.17, 15) is 9.59 Å². The summed E-state index contributed by atoms with van der Waals surface area (Å²) in [5.41, 5.74) is 4.62. The van der Waals surface area contributed by atoms with Crippen LogP contribution in [0.4, 0.5) is 10.5 Å². The number of hydrogen-bond acceptors (Lipinski definition) is 8. The summed E-state index contributed by atoms with van der Waals surface area (Å²) >= 11 is 0. The number of piperidine rings is 1. The van der Waals surface area contributed by atoms with Gasteiger partial charge < -0.3 is 37.9 Å². The number of ether oxygens (including phenoxy) is 5. The fourth-order valence-corrected chi connectivity index (χ4v) is 13.8. The quantitative estimate of drug-likeness (QED) is 0.107. The van der Waals surface area contributed by atoms with Gasteiger partial charge in [0.15, 0.2) is 6.61 Å². The second-order valence-corrected chi connectivity index (χ2v) is 20.5. The van der Waals surface area contributed by atoms with Crippen LogP contribution in [0.2, 0.25) is 16.6 Å². The number of rotatable bonds is 16. The van der Waals surface area contributed by atoms with Crippen LogP contribution in [-0.4, -0.2) is 84.5 Å². The van der Waals surface area contributed by atoms with E-state index >= 15 is 0 Å². The van der Waals surface area contributed by atoms with E-state index in [0.717, 1.165) is 28.1 Å². The minimum atomic E-state index is -2.42. The second-order valence-electron chi connectivity index (χ2n) is 15.1. The maximum atomic E-state index is 13.9. The number of amides is 2. The lowest BCUT2D eigenvalue weighted by molar-refractivity contribution is -0.121. The van der Waals surface area contributed by atoms with Crippen molar-refractivity contribution in [2.45, 2.75) is 95.9 Å². The summed E-state index contributed by atoms with van der Waals surface area (Å²) in [4.78, 5) is 30.3. The van der Waals surface area contributed by atoms with E-state index in [4.69, 9.17) is 28.1 Å². The zero-order valence-electron chi connectivity index (χ0n) is 32.7. The van der Waals surface area contributed by atoms with Crippen LogP contribution in [0.1, 0.15) is 70.6 Å². The molecule has 10 nitrogen and oxygen atoms in total.